The molecule has 1 aliphatic heterocycles. The van der Waals surface area contributed by atoms with Gasteiger partial charge in [0.2, 0.25) is 20.7 Å². The average molecular weight is 381 g/mol. The Balaban J connectivity index is 1.88. The first-order valence-electron chi connectivity index (χ1n) is 7.82. The van der Waals surface area contributed by atoms with Gasteiger partial charge in [-0.25, -0.2) is 13.4 Å². The molecule has 0 atom stereocenters. The molecule has 2 aromatic rings. The minimum atomic E-state index is -3.62. The summed E-state index contributed by atoms with van der Waals surface area (Å²) >= 11 is 0. The van der Waals surface area contributed by atoms with Gasteiger partial charge in [0.05, 0.1) is 12.8 Å². The molecule has 0 radical (unpaired) electrons. The van der Waals surface area contributed by atoms with Crippen molar-refractivity contribution in [2.24, 2.45) is 0 Å². The van der Waals surface area contributed by atoms with Crippen LogP contribution in [-0.2, 0) is 29.3 Å². The fourth-order valence-corrected chi connectivity index (χ4v) is 3.49. The van der Waals surface area contributed by atoms with Gasteiger partial charge in [0.1, 0.15) is 0 Å². The molecular formula is C16H19N3O6S. The lowest BCUT2D eigenvalue weighted by Crippen LogP contribution is -2.35. The predicted molar refractivity (Wildman–Crippen MR) is 92.1 cm³/mol. The van der Waals surface area contributed by atoms with Crippen molar-refractivity contribution in [3.8, 4) is 17.2 Å². The molecule has 10 heteroatoms. The second kappa shape index (κ2) is 6.61. The lowest BCUT2D eigenvalue weighted by molar-refractivity contribution is 0.238. The van der Waals surface area contributed by atoms with E-state index in [2.05, 4.69) is 9.97 Å². The Morgan fingerprint density at radius 2 is 2.08 bits per heavy atom. The van der Waals surface area contributed by atoms with Crippen LogP contribution < -0.4 is 10.3 Å². The number of aromatic nitrogens is 2. The molecular weight excluding hydrogens is 362 g/mol. The molecule has 9 nitrogen and oxygen atoms in total. The van der Waals surface area contributed by atoms with E-state index in [0.29, 0.717) is 42.9 Å². The topological polar surface area (TPSA) is 133 Å². The van der Waals surface area contributed by atoms with Gasteiger partial charge in [-0.3, -0.25) is 14.7 Å². The molecule has 1 aromatic carbocycles. The van der Waals surface area contributed by atoms with E-state index in [4.69, 9.17) is 4.74 Å². The van der Waals surface area contributed by atoms with Crippen LogP contribution in [0, 0.1) is 0 Å². The number of aromatic amines is 1. The molecule has 0 amide bonds. The molecule has 0 saturated heterocycles. The Bertz CT molecular complexity index is 1020. The SMILES string of the molecule is COc1cc(CN2CCc3c(nc(S(C)(=O)=O)[nH]c3=O)C2)cc(O)c1O. The third kappa shape index (κ3) is 3.51. The van der Waals surface area contributed by atoms with Crippen LogP contribution in [0.2, 0.25) is 0 Å². The van der Waals surface area contributed by atoms with E-state index < -0.39 is 15.4 Å². The van der Waals surface area contributed by atoms with Gasteiger partial charge in [-0.15, -0.1) is 0 Å². The number of phenols is 2. The van der Waals surface area contributed by atoms with Gasteiger partial charge in [-0.1, -0.05) is 0 Å². The smallest absolute Gasteiger partial charge is 0.255 e. The Morgan fingerprint density at radius 3 is 2.73 bits per heavy atom. The molecule has 3 rings (SSSR count). The summed E-state index contributed by atoms with van der Waals surface area (Å²) in [5.74, 6) is -0.455. The van der Waals surface area contributed by atoms with Gasteiger partial charge in [-0.05, 0) is 24.1 Å². The summed E-state index contributed by atoms with van der Waals surface area (Å²) in [5.41, 5.74) is 1.18. The zero-order valence-electron chi connectivity index (χ0n) is 14.3. The van der Waals surface area contributed by atoms with E-state index in [-0.39, 0.29) is 22.4 Å². The zero-order chi connectivity index (χ0) is 19.1. The highest BCUT2D eigenvalue weighted by atomic mass is 32.2. The highest BCUT2D eigenvalue weighted by Gasteiger charge is 2.24. The fourth-order valence-electron chi connectivity index (χ4n) is 2.94. The van der Waals surface area contributed by atoms with E-state index in [9.17, 15) is 23.4 Å². The second-order valence-electron chi connectivity index (χ2n) is 6.19. The number of hydrogen-bond donors (Lipinski definition) is 3. The summed E-state index contributed by atoms with van der Waals surface area (Å²) in [7, 11) is -2.23. The zero-order valence-corrected chi connectivity index (χ0v) is 15.1. The molecule has 0 aliphatic carbocycles. The largest absolute Gasteiger partial charge is 0.504 e. The van der Waals surface area contributed by atoms with Crippen LogP contribution in [-0.4, -0.2) is 53.4 Å². The molecule has 0 saturated carbocycles. The maximum Gasteiger partial charge on any atom is 0.255 e. The van der Waals surface area contributed by atoms with Gasteiger partial charge in [-0.2, -0.15) is 0 Å². The summed E-state index contributed by atoms with van der Waals surface area (Å²) in [6.45, 7) is 1.28. The minimum absolute atomic E-state index is 0.159. The van der Waals surface area contributed by atoms with Crippen molar-refractivity contribution in [3.63, 3.8) is 0 Å². The quantitative estimate of drug-likeness (QED) is 0.504. The number of fused-ring (bicyclic) bond motifs is 1. The maximum absolute atomic E-state index is 12.1. The van der Waals surface area contributed by atoms with Crippen molar-refractivity contribution in [1.82, 2.24) is 14.9 Å². The van der Waals surface area contributed by atoms with Crippen LogP contribution in [0.4, 0.5) is 0 Å². The number of nitrogens with one attached hydrogen (secondary N) is 1. The third-order valence-electron chi connectivity index (χ3n) is 4.22. The maximum atomic E-state index is 12.1. The lowest BCUT2D eigenvalue weighted by atomic mass is 10.1. The Morgan fingerprint density at radius 1 is 1.35 bits per heavy atom. The number of ether oxygens (including phenoxy) is 1. The summed E-state index contributed by atoms with van der Waals surface area (Å²) in [4.78, 5) is 20.5. The molecule has 1 aliphatic rings. The van der Waals surface area contributed by atoms with Crippen LogP contribution in [0.3, 0.4) is 0 Å². The molecule has 2 heterocycles. The van der Waals surface area contributed by atoms with Crippen LogP contribution in [0.25, 0.3) is 0 Å². The van der Waals surface area contributed by atoms with Gasteiger partial charge >= 0.3 is 0 Å². The molecule has 3 N–H and O–H groups in total. The molecule has 0 unspecified atom stereocenters. The Kier molecular flexibility index (Phi) is 4.63. The molecule has 0 spiro atoms. The van der Waals surface area contributed by atoms with Crippen molar-refractivity contribution in [1.29, 1.82) is 0 Å². The van der Waals surface area contributed by atoms with Crippen LogP contribution in [0.1, 0.15) is 16.8 Å². The summed E-state index contributed by atoms with van der Waals surface area (Å²) in [6.07, 6.45) is 1.42. The molecule has 140 valence electrons. The van der Waals surface area contributed by atoms with Gasteiger partial charge in [0.15, 0.2) is 11.5 Å². The number of benzene rings is 1. The number of aromatic hydroxyl groups is 2. The Labute approximate surface area is 149 Å². The third-order valence-corrected chi connectivity index (χ3v) is 5.12. The highest BCUT2D eigenvalue weighted by Crippen LogP contribution is 2.36. The first-order valence-corrected chi connectivity index (χ1v) is 9.71. The van der Waals surface area contributed by atoms with Crippen molar-refractivity contribution in [3.05, 3.63) is 39.3 Å². The average Bonchev–Trinajstić information content (AvgIpc) is 2.56. The predicted octanol–water partition coefficient (Wildman–Crippen LogP) is 0.151. The minimum Gasteiger partial charge on any atom is -0.504 e. The van der Waals surface area contributed by atoms with Crippen molar-refractivity contribution >= 4 is 9.84 Å². The molecule has 1 aromatic heterocycles. The first-order chi connectivity index (χ1) is 12.2. The number of methoxy groups -OCH3 is 1. The summed E-state index contributed by atoms with van der Waals surface area (Å²) < 4.78 is 28.4. The number of nitrogens with zero attached hydrogens (tertiary/aromatic N) is 2. The summed E-state index contributed by atoms with van der Waals surface area (Å²) in [6, 6.07) is 3.04. The highest BCUT2D eigenvalue weighted by molar-refractivity contribution is 7.90. The standard InChI is InChI=1S/C16H19N3O6S/c1-25-13-6-9(5-12(20)14(13)21)7-19-4-3-10-11(8-19)17-16(18-15(10)22)26(2,23)24/h5-6,20-21H,3-4,7-8H2,1-2H3,(H,17,18,22). The number of phenolic OH excluding ortho intramolecular Hbond substituents is 2. The van der Waals surface area contributed by atoms with E-state index in [0.717, 1.165) is 6.26 Å². The monoisotopic (exact) mass is 381 g/mol. The Hall–Kier alpha value is -2.59. The number of hydrogen-bond acceptors (Lipinski definition) is 8. The first kappa shape index (κ1) is 18.2. The van der Waals surface area contributed by atoms with Crippen LogP contribution >= 0.6 is 0 Å². The van der Waals surface area contributed by atoms with Gasteiger partial charge < -0.3 is 14.9 Å². The number of sulfone groups is 1. The molecule has 0 bridgehead atoms. The molecule has 0 fully saturated rings. The fraction of sp³-hybridized carbons (Fsp3) is 0.375. The van der Waals surface area contributed by atoms with E-state index in [1.54, 1.807) is 6.07 Å². The summed E-state index contributed by atoms with van der Waals surface area (Å²) in [5, 5.41) is 19.1. The normalized spacial score (nSPS) is 14.8. The van der Waals surface area contributed by atoms with Gasteiger partial charge in [0.25, 0.3) is 5.56 Å². The molecule has 26 heavy (non-hydrogen) atoms. The van der Waals surface area contributed by atoms with Crippen molar-refractivity contribution in [2.45, 2.75) is 24.7 Å². The van der Waals surface area contributed by atoms with Crippen molar-refractivity contribution in [2.75, 3.05) is 19.9 Å². The van der Waals surface area contributed by atoms with Crippen LogP contribution in [0.5, 0.6) is 17.2 Å². The number of rotatable bonds is 4. The van der Waals surface area contributed by atoms with Gasteiger partial charge in [0, 0.05) is 31.5 Å². The van der Waals surface area contributed by atoms with E-state index >= 15 is 0 Å². The van der Waals surface area contributed by atoms with E-state index in [1.807, 2.05) is 4.90 Å². The van der Waals surface area contributed by atoms with Crippen molar-refractivity contribution < 1.29 is 23.4 Å². The second-order valence-corrected chi connectivity index (χ2v) is 8.13. The van der Waals surface area contributed by atoms with Crippen LogP contribution in [0.15, 0.2) is 22.1 Å². The lowest BCUT2D eigenvalue weighted by Gasteiger charge is -2.27. The number of H-pyrrole nitrogens is 1. The van der Waals surface area contributed by atoms with E-state index in [1.165, 1.54) is 13.2 Å².